The minimum atomic E-state index is -0.131. The summed E-state index contributed by atoms with van der Waals surface area (Å²) in [5, 5.41) is 2.93. The van der Waals surface area contributed by atoms with Crippen molar-refractivity contribution in [3.63, 3.8) is 0 Å². The normalized spacial score (nSPS) is 10.3. The molecule has 3 aromatic rings. The van der Waals surface area contributed by atoms with Crippen LogP contribution < -0.4 is 14.8 Å². The van der Waals surface area contributed by atoms with E-state index in [0.717, 1.165) is 16.9 Å². The molecule has 1 N–H and O–H groups in total. The zero-order valence-corrected chi connectivity index (χ0v) is 15.4. The molecule has 0 unspecified atom stereocenters. The summed E-state index contributed by atoms with van der Waals surface area (Å²) in [6, 6.07) is 24.9. The van der Waals surface area contributed by atoms with E-state index in [1.165, 1.54) is 0 Å². The Labute approximate surface area is 159 Å². The van der Waals surface area contributed by atoms with Crippen LogP contribution in [0.5, 0.6) is 11.5 Å². The van der Waals surface area contributed by atoms with Gasteiger partial charge in [-0.25, -0.2) is 0 Å². The summed E-state index contributed by atoms with van der Waals surface area (Å²) in [5.41, 5.74) is 2.68. The molecule has 0 aliphatic heterocycles. The second-order valence-electron chi connectivity index (χ2n) is 6.06. The van der Waals surface area contributed by atoms with Gasteiger partial charge in [0.1, 0.15) is 18.1 Å². The fourth-order valence-electron chi connectivity index (χ4n) is 2.62. The first-order valence-electron chi connectivity index (χ1n) is 9.01. The van der Waals surface area contributed by atoms with Gasteiger partial charge in [0.2, 0.25) is 0 Å². The molecule has 0 saturated carbocycles. The van der Waals surface area contributed by atoms with E-state index in [2.05, 4.69) is 5.32 Å². The Morgan fingerprint density at radius 3 is 2.33 bits per heavy atom. The van der Waals surface area contributed by atoms with Crippen LogP contribution in [0.3, 0.4) is 0 Å². The molecular formula is C23H23NO3. The van der Waals surface area contributed by atoms with Crippen molar-refractivity contribution >= 4 is 5.91 Å². The highest BCUT2D eigenvalue weighted by atomic mass is 16.5. The Bertz CT molecular complexity index is 860. The smallest absolute Gasteiger partial charge is 0.251 e. The van der Waals surface area contributed by atoms with Gasteiger partial charge in [0.15, 0.2) is 0 Å². The number of nitrogens with one attached hydrogen (secondary N) is 1. The summed E-state index contributed by atoms with van der Waals surface area (Å²) >= 11 is 0. The monoisotopic (exact) mass is 361 g/mol. The van der Waals surface area contributed by atoms with Crippen molar-refractivity contribution < 1.29 is 14.3 Å². The zero-order chi connectivity index (χ0) is 18.9. The molecule has 27 heavy (non-hydrogen) atoms. The maximum Gasteiger partial charge on any atom is 0.251 e. The summed E-state index contributed by atoms with van der Waals surface area (Å²) in [5.74, 6) is 1.37. The molecule has 138 valence electrons. The van der Waals surface area contributed by atoms with E-state index in [0.29, 0.717) is 31.1 Å². The van der Waals surface area contributed by atoms with Crippen molar-refractivity contribution in [2.45, 2.75) is 20.1 Å². The number of benzene rings is 3. The van der Waals surface area contributed by atoms with E-state index in [4.69, 9.17) is 9.47 Å². The third kappa shape index (κ3) is 5.61. The van der Waals surface area contributed by atoms with Gasteiger partial charge in [0.25, 0.3) is 5.91 Å². The Balaban J connectivity index is 1.55. The standard InChI is InChI=1S/C23H23NO3/c1-2-26-21-13-11-18(12-14-21)16-24-23(25)20-9-6-10-22(15-20)27-17-19-7-4-3-5-8-19/h3-15H,2,16-17H2,1H3,(H,24,25). The first kappa shape index (κ1) is 18.5. The maximum absolute atomic E-state index is 12.4. The molecule has 4 nitrogen and oxygen atoms in total. The Kier molecular flexibility index (Phi) is 6.47. The van der Waals surface area contributed by atoms with Gasteiger partial charge in [-0.3, -0.25) is 4.79 Å². The Hall–Kier alpha value is -3.27. The van der Waals surface area contributed by atoms with E-state index < -0.39 is 0 Å². The minimum absolute atomic E-state index is 0.131. The molecule has 0 fully saturated rings. The summed E-state index contributed by atoms with van der Waals surface area (Å²) in [7, 11) is 0. The van der Waals surface area contributed by atoms with E-state index >= 15 is 0 Å². The van der Waals surface area contributed by atoms with Crippen LogP contribution in [0.2, 0.25) is 0 Å². The molecule has 0 saturated heterocycles. The molecular weight excluding hydrogens is 338 g/mol. The first-order valence-corrected chi connectivity index (χ1v) is 9.01. The van der Waals surface area contributed by atoms with Crippen LogP contribution >= 0.6 is 0 Å². The Morgan fingerprint density at radius 2 is 1.59 bits per heavy atom. The average molecular weight is 361 g/mol. The topological polar surface area (TPSA) is 47.6 Å². The number of carbonyl (C=O) groups excluding carboxylic acids is 1. The highest BCUT2D eigenvalue weighted by Gasteiger charge is 2.07. The lowest BCUT2D eigenvalue weighted by molar-refractivity contribution is 0.0950. The van der Waals surface area contributed by atoms with E-state index in [-0.39, 0.29) is 5.91 Å². The summed E-state index contributed by atoms with van der Waals surface area (Å²) < 4.78 is 11.2. The van der Waals surface area contributed by atoms with E-state index in [9.17, 15) is 4.79 Å². The second kappa shape index (κ2) is 9.43. The largest absolute Gasteiger partial charge is 0.494 e. The van der Waals surface area contributed by atoms with Gasteiger partial charge in [0, 0.05) is 12.1 Å². The number of rotatable bonds is 8. The number of amides is 1. The van der Waals surface area contributed by atoms with Crippen molar-refractivity contribution in [3.05, 3.63) is 95.6 Å². The molecule has 0 bridgehead atoms. The SMILES string of the molecule is CCOc1ccc(CNC(=O)c2cccc(OCc3ccccc3)c2)cc1. The molecule has 0 aliphatic carbocycles. The van der Waals surface area contributed by atoms with E-state index in [1.54, 1.807) is 12.1 Å². The molecule has 3 aromatic carbocycles. The van der Waals surface area contributed by atoms with Gasteiger partial charge in [-0.2, -0.15) is 0 Å². The molecule has 0 aliphatic rings. The van der Waals surface area contributed by atoms with Crippen LogP contribution in [0.25, 0.3) is 0 Å². The lowest BCUT2D eigenvalue weighted by Gasteiger charge is -2.09. The number of ether oxygens (including phenoxy) is 2. The maximum atomic E-state index is 12.4. The van der Waals surface area contributed by atoms with Crippen LogP contribution in [0.15, 0.2) is 78.9 Å². The predicted molar refractivity (Wildman–Crippen MR) is 106 cm³/mol. The number of carbonyl (C=O) groups is 1. The van der Waals surface area contributed by atoms with Gasteiger partial charge >= 0.3 is 0 Å². The third-order valence-electron chi connectivity index (χ3n) is 4.03. The van der Waals surface area contributed by atoms with E-state index in [1.807, 2.05) is 73.7 Å². The summed E-state index contributed by atoms with van der Waals surface area (Å²) in [6.45, 7) is 3.52. The third-order valence-corrected chi connectivity index (χ3v) is 4.03. The van der Waals surface area contributed by atoms with Gasteiger partial charge < -0.3 is 14.8 Å². The van der Waals surface area contributed by atoms with Crippen LogP contribution in [-0.2, 0) is 13.2 Å². The number of hydrogen-bond donors (Lipinski definition) is 1. The highest BCUT2D eigenvalue weighted by molar-refractivity contribution is 5.94. The molecule has 1 amide bonds. The lowest BCUT2D eigenvalue weighted by atomic mass is 10.1. The lowest BCUT2D eigenvalue weighted by Crippen LogP contribution is -2.22. The summed E-state index contributed by atoms with van der Waals surface area (Å²) in [4.78, 5) is 12.4. The number of hydrogen-bond acceptors (Lipinski definition) is 3. The molecule has 0 atom stereocenters. The summed E-state index contributed by atoms with van der Waals surface area (Å²) in [6.07, 6.45) is 0. The minimum Gasteiger partial charge on any atom is -0.494 e. The van der Waals surface area contributed by atoms with Gasteiger partial charge in [-0.15, -0.1) is 0 Å². The fourth-order valence-corrected chi connectivity index (χ4v) is 2.62. The molecule has 0 radical (unpaired) electrons. The highest BCUT2D eigenvalue weighted by Crippen LogP contribution is 2.16. The quantitative estimate of drug-likeness (QED) is 0.638. The molecule has 0 heterocycles. The fraction of sp³-hybridized carbons (Fsp3) is 0.174. The van der Waals surface area contributed by atoms with Crippen molar-refractivity contribution in [1.82, 2.24) is 5.32 Å². The Morgan fingerprint density at radius 1 is 0.815 bits per heavy atom. The first-order chi connectivity index (χ1) is 13.2. The van der Waals surface area contributed by atoms with Gasteiger partial charge in [-0.05, 0) is 48.4 Å². The van der Waals surface area contributed by atoms with Crippen LogP contribution in [-0.4, -0.2) is 12.5 Å². The van der Waals surface area contributed by atoms with Crippen LogP contribution in [0, 0.1) is 0 Å². The zero-order valence-electron chi connectivity index (χ0n) is 15.4. The van der Waals surface area contributed by atoms with Gasteiger partial charge in [0.05, 0.1) is 6.61 Å². The molecule has 4 heteroatoms. The van der Waals surface area contributed by atoms with Gasteiger partial charge in [-0.1, -0.05) is 48.5 Å². The van der Waals surface area contributed by atoms with Crippen molar-refractivity contribution in [2.24, 2.45) is 0 Å². The van der Waals surface area contributed by atoms with Crippen molar-refractivity contribution in [3.8, 4) is 11.5 Å². The molecule has 3 rings (SSSR count). The molecule has 0 aromatic heterocycles. The van der Waals surface area contributed by atoms with Crippen molar-refractivity contribution in [1.29, 1.82) is 0 Å². The predicted octanol–water partition coefficient (Wildman–Crippen LogP) is 4.59. The average Bonchev–Trinajstić information content (AvgIpc) is 2.73. The second-order valence-corrected chi connectivity index (χ2v) is 6.06. The van der Waals surface area contributed by atoms with Crippen LogP contribution in [0.1, 0.15) is 28.4 Å². The molecule has 0 spiro atoms. The van der Waals surface area contributed by atoms with Crippen LogP contribution in [0.4, 0.5) is 0 Å². The van der Waals surface area contributed by atoms with Crippen molar-refractivity contribution in [2.75, 3.05) is 6.61 Å².